The SMILES string of the molecule is Cn1c(-c2ccccc2)cc2oc(C=C3C(=O)c4cc(F)c(F)cc4C3=O)cc21. The smallest absolute Gasteiger partial charge is 0.197 e. The first-order chi connectivity index (χ1) is 13.9. The van der Waals surface area contributed by atoms with Crippen LogP contribution in [0.3, 0.4) is 0 Å². The molecule has 0 atom stereocenters. The molecular formula is C23H13F2NO3. The highest BCUT2D eigenvalue weighted by Gasteiger charge is 2.35. The van der Waals surface area contributed by atoms with Crippen LogP contribution >= 0.6 is 0 Å². The molecule has 0 saturated carbocycles. The number of aryl methyl sites for hydroxylation is 1. The van der Waals surface area contributed by atoms with E-state index in [0.717, 1.165) is 28.9 Å². The summed E-state index contributed by atoms with van der Waals surface area (Å²) in [6, 6.07) is 14.9. The van der Waals surface area contributed by atoms with Gasteiger partial charge in [0.25, 0.3) is 0 Å². The van der Waals surface area contributed by atoms with Crippen LogP contribution in [0.25, 0.3) is 28.4 Å². The van der Waals surface area contributed by atoms with E-state index in [0.29, 0.717) is 11.3 Å². The van der Waals surface area contributed by atoms with Gasteiger partial charge in [0.15, 0.2) is 28.8 Å². The van der Waals surface area contributed by atoms with Crippen molar-refractivity contribution in [2.24, 2.45) is 7.05 Å². The van der Waals surface area contributed by atoms with Crippen molar-refractivity contribution in [1.29, 1.82) is 0 Å². The lowest BCUT2D eigenvalue weighted by Gasteiger charge is -2.03. The van der Waals surface area contributed by atoms with Crippen LogP contribution in [0.4, 0.5) is 8.78 Å². The highest BCUT2D eigenvalue weighted by Crippen LogP contribution is 2.33. The van der Waals surface area contributed by atoms with Crippen LogP contribution in [0.2, 0.25) is 0 Å². The molecule has 2 aromatic carbocycles. The number of halogens is 2. The van der Waals surface area contributed by atoms with Crippen LogP contribution < -0.4 is 0 Å². The lowest BCUT2D eigenvalue weighted by molar-refractivity contribution is 0.0990. The minimum absolute atomic E-state index is 0.136. The molecule has 4 aromatic rings. The maximum atomic E-state index is 13.5. The molecule has 0 unspecified atom stereocenters. The Morgan fingerprint density at radius 2 is 1.52 bits per heavy atom. The van der Waals surface area contributed by atoms with Gasteiger partial charge in [-0.3, -0.25) is 9.59 Å². The molecule has 1 aliphatic rings. The summed E-state index contributed by atoms with van der Waals surface area (Å²) in [6.07, 6.45) is 1.32. The van der Waals surface area contributed by atoms with Crippen molar-refractivity contribution >= 4 is 28.7 Å². The molecular weight excluding hydrogens is 376 g/mol. The highest BCUT2D eigenvalue weighted by molar-refractivity contribution is 6.41. The van der Waals surface area contributed by atoms with Gasteiger partial charge in [-0.25, -0.2) is 8.78 Å². The Kier molecular flexibility index (Phi) is 3.64. The van der Waals surface area contributed by atoms with Crippen molar-refractivity contribution in [3.63, 3.8) is 0 Å². The average Bonchev–Trinajstić information content (AvgIpc) is 3.32. The summed E-state index contributed by atoms with van der Waals surface area (Å²) in [5.41, 5.74) is 2.94. The number of hydrogen-bond acceptors (Lipinski definition) is 3. The van der Waals surface area contributed by atoms with Crippen molar-refractivity contribution in [1.82, 2.24) is 4.57 Å². The standard InChI is InChI=1S/C23H13F2NO3/c1-26-19(12-5-3-2-4-6-12)11-21-20(26)8-13(29-21)7-16-22(27)14-9-17(24)18(25)10-15(14)23(16)28/h2-11H,1H3. The van der Waals surface area contributed by atoms with Gasteiger partial charge in [0.2, 0.25) is 0 Å². The lowest BCUT2D eigenvalue weighted by Crippen LogP contribution is -1.99. The minimum Gasteiger partial charge on any atom is -0.455 e. The first kappa shape index (κ1) is 17.3. The third kappa shape index (κ3) is 2.56. The molecule has 0 saturated heterocycles. The van der Waals surface area contributed by atoms with E-state index in [1.54, 1.807) is 6.07 Å². The van der Waals surface area contributed by atoms with E-state index in [1.807, 2.05) is 48.0 Å². The van der Waals surface area contributed by atoms with Crippen molar-refractivity contribution in [3.05, 3.63) is 88.7 Å². The maximum absolute atomic E-state index is 13.5. The number of fused-ring (bicyclic) bond motifs is 2. The summed E-state index contributed by atoms with van der Waals surface area (Å²) in [5.74, 6) is -3.30. The fourth-order valence-electron chi connectivity index (χ4n) is 3.68. The number of allylic oxidation sites excluding steroid dienone is 1. The van der Waals surface area contributed by atoms with E-state index >= 15 is 0 Å². The van der Waals surface area contributed by atoms with Crippen LogP contribution in [0, 0.1) is 11.6 Å². The minimum atomic E-state index is -1.16. The van der Waals surface area contributed by atoms with E-state index in [2.05, 4.69) is 0 Å². The zero-order valence-electron chi connectivity index (χ0n) is 15.2. The highest BCUT2D eigenvalue weighted by atomic mass is 19.2. The van der Waals surface area contributed by atoms with Gasteiger partial charge in [-0.15, -0.1) is 0 Å². The molecule has 2 heterocycles. The molecule has 0 fully saturated rings. The fourth-order valence-corrected chi connectivity index (χ4v) is 3.68. The Morgan fingerprint density at radius 3 is 2.10 bits per heavy atom. The Bertz CT molecular complexity index is 1320. The molecule has 0 bridgehead atoms. The van der Waals surface area contributed by atoms with Crippen LogP contribution in [-0.4, -0.2) is 16.1 Å². The molecule has 6 heteroatoms. The molecule has 1 aliphatic carbocycles. The number of benzene rings is 2. The van der Waals surface area contributed by atoms with Gasteiger partial charge in [-0.2, -0.15) is 0 Å². The summed E-state index contributed by atoms with van der Waals surface area (Å²) in [6.45, 7) is 0. The Morgan fingerprint density at radius 1 is 0.897 bits per heavy atom. The summed E-state index contributed by atoms with van der Waals surface area (Å²) >= 11 is 0. The molecule has 0 radical (unpaired) electrons. The fraction of sp³-hybridized carbons (Fsp3) is 0.0435. The molecule has 29 heavy (non-hydrogen) atoms. The predicted molar refractivity (Wildman–Crippen MR) is 104 cm³/mol. The van der Waals surface area contributed by atoms with Crippen LogP contribution in [-0.2, 0) is 7.05 Å². The number of aromatic nitrogens is 1. The topological polar surface area (TPSA) is 52.2 Å². The molecule has 0 aliphatic heterocycles. The number of carbonyl (C=O) groups excluding carboxylic acids is 2. The number of furan rings is 1. The second kappa shape index (κ2) is 6.10. The second-order valence-corrected chi connectivity index (χ2v) is 6.88. The summed E-state index contributed by atoms with van der Waals surface area (Å²) in [7, 11) is 1.89. The number of Topliss-reactive ketones (excluding diaryl/α,β-unsaturated/α-hetero) is 2. The summed E-state index contributed by atoms with van der Waals surface area (Å²) in [4.78, 5) is 25.0. The maximum Gasteiger partial charge on any atom is 0.197 e. The monoisotopic (exact) mass is 389 g/mol. The number of carbonyl (C=O) groups is 2. The Labute approximate surface area is 163 Å². The molecule has 5 rings (SSSR count). The molecule has 0 N–H and O–H groups in total. The molecule has 4 nitrogen and oxygen atoms in total. The van der Waals surface area contributed by atoms with Crippen LogP contribution in [0.5, 0.6) is 0 Å². The van der Waals surface area contributed by atoms with Gasteiger partial charge in [0.1, 0.15) is 5.76 Å². The largest absolute Gasteiger partial charge is 0.455 e. The quantitative estimate of drug-likeness (QED) is 0.351. The van der Waals surface area contributed by atoms with Crippen molar-refractivity contribution < 1.29 is 22.8 Å². The average molecular weight is 389 g/mol. The number of rotatable bonds is 2. The Hall–Kier alpha value is -3.80. The van der Waals surface area contributed by atoms with Gasteiger partial charge >= 0.3 is 0 Å². The van der Waals surface area contributed by atoms with Gasteiger partial charge in [0, 0.05) is 30.3 Å². The van der Waals surface area contributed by atoms with Crippen molar-refractivity contribution in [2.45, 2.75) is 0 Å². The van der Waals surface area contributed by atoms with E-state index in [4.69, 9.17) is 4.42 Å². The molecule has 0 spiro atoms. The third-order valence-corrected chi connectivity index (χ3v) is 5.14. The van der Waals surface area contributed by atoms with E-state index < -0.39 is 23.2 Å². The van der Waals surface area contributed by atoms with Crippen LogP contribution in [0.1, 0.15) is 26.5 Å². The normalized spacial score (nSPS) is 13.4. The lowest BCUT2D eigenvalue weighted by atomic mass is 10.1. The number of ketones is 2. The predicted octanol–water partition coefficient (Wildman–Crippen LogP) is 5.18. The molecule has 0 amide bonds. The van der Waals surface area contributed by atoms with Crippen molar-refractivity contribution in [3.8, 4) is 11.3 Å². The first-order valence-electron chi connectivity index (χ1n) is 8.89. The van der Waals surface area contributed by atoms with Crippen molar-refractivity contribution in [2.75, 3.05) is 0 Å². The van der Waals surface area contributed by atoms with Gasteiger partial charge in [-0.1, -0.05) is 30.3 Å². The summed E-state index contributed by atoms with van der Waals surface area (Å²) < 4.78 is 34.7. The Balaban J connectivity index is 1.56. The van der Waals surface area contributed by atoms with E-state index in [1.165, 1.54) is 6.08 Å². The number of nitrogens with zero attached hydrogens (tertiary/aromatic N) is 1. The van der Waals surface area contributed by atoms with Crippen LogP contribution in [0.15, 0.2) is 64.6 Å². The zero-order valence-corrected chi connectivity index (χ0v) is 15.2. The molecule has 2 aromatic heterocycles. The zero-order chi connectivity index (χ0) is 20.3. The van der Waals surface area contributed by atoms with Gasteiger partial charge in [-0.05, 0) is 23.8 Å². The first-order valence-corrected chi connectivity index (χ1v) is 8.89. The second-order valence-electron chi connectivity index (χ2n) is 6.88. The van der Waals surface area contributed by atoms with Gasteiger partial charge < -0.3 is 8.98 Å². The van der Waals surface area contributed by atoms with E-state index in [-0.39, 0.29) is 16.7 Å². The molecule has 142 valence electrons. The third-order valence-electron chi connectivity index (χ3n) is 5.14. The number of hydrogen-bond donors (Lipinski definition) is 0. The summed E-state index contributed by atoms with van der Waals surface area (Å²) in [5, 5.41) is 0. The van der Waals surface area contributed by atoms with Gasteiger partial charge in [0.05, 0.1) is 16.8 Å². The van der Waals surface area contributed by atoms with E-state index in [9.17, 15) is 18.4 Å².